The Morgan fingerprint density at radius 2 is 1.89 bits per heavy atom. The summed E-state index contributed by atoms with van der Waals surface area (Å²) in [6, 6.07) is 11.7. The SMILES string of the molecule is CC(C)c1ccc(/C=C(/C(=O)O)c2cccs2)cc1. The lowest BCUT2D eigenvalue weighted by Gasteiger charge is -2.05. The van der Waals surface area contributed by atoms with Crippen LogP contribution in [0.15, 0.2) is 41.8 Å². The minimum Gasteiger partial charge on any atom is -0.478 e. The van der Waals surface area contributed by atoms with Gasteiger partial charge in [0.15, 0.2) is 0 Å². The number of aliphatic carboxylic acids is 1. The number of carboxylic acids is 1. The van der Waals surface area contributed by atoms with Crippen LogP contribution in [0.3, 0.4) is 0 Å². The summed E-state index contributed by atoms with van der Waals surface area (Å²) in [4.78, 5) is 12.1. The van der Waals surface area contributed by atoms with E-state index in [1.54, 1.807) is 6.08 Å². The molecule has 0 fully saturated rings. The molecule has 2 nitrogen and oxygen atoms in total. The maximum Gasteiger partial charge on any atom is 0.337 e. The minimum absolute atomic E-state index is 0.340. The van der Waals surface area contributed by atoms with Crippen molar-refractivity contribution in [1.82, 2.24) is 0 Å². The predicted octanol–water partition coefficient (Wildman–Crippen LogP) is 4.50. The van der Waals surface area contributed by atoms with Gasteiger partial charge in [0.2, 0.25) is 0 Å². The van der Waals surface area contributed by atoms with E-state index in [9.17, 15) is 9.90 Å². The summed E-state index contributed by atoms with van der Waals surface area (Å²) in [5, 5.41) is 11.2. The Morgan fingerprint density at radius 1 is 1.21 bits per heavy atom. The van der Waals surface area contributed by atoms with E-state index in [0.717, 1.165) is 10.4 Å². The van der Waals surface area contributed by atoms with Crippen molar-refractivity contribution in [1.29, 1.82) is 0 Å². The molecule has 0 aliphatic carbocycles. The summed E-state index contributed by atoms with van der Waals surface area (Å²) in [5.41, 5.74) is 2.51. The molecule has 0 aliphatic heterocycles. The van der Waals surface area contributed by atoms with Crippen molar-refractivity contribution in [2.45, 2.75) is 19.8 Å². The Kier molecular flexibility index (Phi) is 4.17. The predicted molar refractivity (Wildman–Crippen MR) is 80.4 cm³/mol. The summed E-state index contributed by atoms with van der Waals surface area (Å²) >= 11 is 1.44. The van der Waals surface area contributed by atoms with Gasteiger partial charge < -0.3 is 5.11 Å². The van der Waals surface area contributed by atoms with E-state index in [1.165, 1.54) is 16.9 Å². The molecule has 2 rings (SSSR count). The molecule has 1 N–H and O–H groups in total. The van der Waals surface area contributed by atoms with Crippen LogP contribution in [-0.2, 0) is 4.79 Å². The largest absolute Gasteiger partial charge is 0.478 e. The third-order valence-electron chi connectivity index (χ3n) is 2.93. The number of rotatable bonds is 4. The first-order chi connectivity index (χ1) is 9.08. The normalized spacial score (nSPS) is 11.8. The first kappa shape index (κ1) is 13.6. The molecule has 0 amide bonds. The Balaban J connectivity index is 2.34. The summed E-state index contributed by atoms with van der Waals surface area (Å²) < 4.78 is 0. The molecule has 0 saturated heterocycles. The highest BCUT2D eigenvalue weighted by atomic mass is 32.1. The van der Waals surface area contributed by atoms with Gasteiger partial charge in [-0.3, -0.25) is 0 Å². The molecule has 1 aromatic carbocycles. The second kappa shape index (κ2) is 5.85. The minimum atomic E-state index is -0.893. The zero-order valence-electron chi connectivity index (χ0n) is 11.0. The van der Waals surface area contributed by atoms with Gasteiger partial charge in [-0.1, -0.05) is 44.2 Å². The van der Waals surface area contributed by atoms with Gasteiger partial charge in [0, 0.05) is 4.88 Å². The van der Waals surface area contributed by atoms with E-state index in [0.29, 0.717) is 11.5 Å². The Hall–Kier alpha value is -1.87. The average Bonchev–Trinajstić information content (AvgIpc) is 2.89. The van der Waals surface area contributed by atoms with Gasteiger partial charge in [-0.05, 0) is 34.6 Å². The van der Waals surface area contributed by atoms with Crippen molar-refractivity contribution in [2.75, 3.05) is 0 Å². The van der Waals surface area contributed by atoms with E-state index in [-0.39, 0.29) is 0 Å². The second-order valence-corrected chi connectivity index (χ2v) is 5.61. The zero-order chi connectivity index (χ0) is 13.8. The van der Waals surface area contributed by atoms with Crippen LogP contribution >= 0.6 is 11.3 Å². The maximum absolute atomic E-state index is 11.3. The zero-order valence-corrected chi connectivity index (χ0v) is 11.8. The Morgan fingerprint density at radius 3 is 2.37 bits per heavy atom. The topological polar surface area (TPSA) is 37.3 Å². The molecule has 0 unspecified atom stereocenters. The third-order valence-corrected chi connectivity index (χ3v) is 3.83. The summed E-state index contributed by atoms with van der Waals surface area (Å²) in [6.45, 7) is 4.28. The van der Waals surface area contributed by atoms with Gasteiger partial charge in [0.05, 0.1) is 5.57 Å². The highest BCUT2D eigenvalue weighted by Crippen LogP contribution is 2.24. The Labute approximate surface area is 117 Å². The Bertz CT molecular complexity index is 578. The first-order valence-electron chi connectivity index (χ1n) is 6.16. The van der Waals surface area contributed by atoms with Crippen LogP contribution in [0, 0.1) is 0 Å². The molecule has 1 aromatic heterocycles. The lowest BCUT2D eigenvalue weighted by atomic mass is 10.0. The number of thiophene rings is 1. The molecule has 0 atom stereocenters. The molecule has 0 radical (unpaired) electrons. The molecule has 98 valence electrons. The summed E-state index contributed by atoms with van der Waals surface area (Å²) in [5.74, 6) is -0.412. The van der Waals surface area contributed by atoms with Gasteiger partial charge >= 0.3 is 5.97 Å². The molecule has 2 aromatic rings. The molecule has 3 heteroatoms. The van der Waals surface area contributed by atoms with E-state index in [2.05, 4.69) is 13.8 Å². The van der Waals surface area contributed by atoms with Crippen molar-refractivity contribution in [3.63, 3.8) is 0 Å². The standard InChI is InChI=1S/C16H16O2S/c1-11(2)13-7-5-12(6-8-13)10-14(16(17)18)15-4-3-9-19-15/h3-11H,1-2H3,(H,17,18)/b14-10+. The molecule has 0 saturated carbocycles. The number of hydrogen-bond acceptors (Lipinski definition) is 2. The first-order valence-corrected chi connectivity index (χ1v) is 7.04. The fraction of sp³-hybridized carbons (Fsp3) is 0.188. The van der Waals surface area contributed by atoms with Gasteiger partial charge in [0.1, 0.15) is 0 Å². The average molecular weight is 272 g/mol. The quantitative estimate of drug-likeness (QED) is 0.832. The van der Waals surface area contributed by atoms with Crippen molar-refractivity contribution < 1.29 is 9.90 Å². The van der Waals surface area contributed by atoms with E-state index >= 15 is 0 Å². The van der Waals surface area contributed by atoms with Crippen LogP contribution in [0.2, 0.25) is 0 Å². The summed E-state index contributed by atoms with van der Waals surface area (Å²) in [7, 11) is 0. The van der Waals surface area contributed by atoms with E-state index < -0.39 is 5.97 Å². The van der Waals surface area contributed by atoms with Crippen molar-refractivity contribution in [2.24, 2.45) is 0 Å². The molecular weight excluding hydrogens is 256 g/mol. The molecule has 0 bridgehead atoms. The molecule has 19 heavy (non-hydrogen) atoms. The van der Waals surface area contributed by atoms with E-state index in [1.807, 2.05) is 41.8 Å². The highest BCUT2D eigenvalue weighted by molar-refractivity contribution is 7.11. The smallest absolute Gasteiger partial charge is 0.337 e. The van der Waals surface area contributed by atoms with Gasteiger partial charge in [0.25, 0.3) is 0 Å². The fourth-order valence-electron chi connectivity index (χ4n) is 1.81. The lowest BCUT2D eigenvalue weighted by Crippen LogP contribution is -1.97. The lowest BCUT2D eigenvalue weighted by molar-refractivity contribution is -0.130. The highest BCUT2D eigenvalue weighted by Gasteiger charge is 2.11. The molecule has 0 spiro atoms. The van der Waals surface area contributed by atoms with Gasteiger partial charge in [-0.25, -0.2) is 4.79 Å². The van der Waals surface area contributed by atoms with Crippen molar-refractivity contribution >= 4 is 29.0 Å². The van der Waals surface area contributed by atoms with Crippen LogP contribution in [0.1, 0.15) is 35.8 Å². The van der Waals surface area contributed by atoms with Gasteiger partial charge in [-0.15, -0.1) is 11.3 Å². The van der Waals surface area contributed by atoms with Crippen LogP contribution in [0.4, 0.5) is 0 Å². The van der Waals surface area contributed by atoms with Crippen molar-refractivity contribution in [3.8, 4) is 0 Å². The second-order valence-electron chi connectivity index (χ2n) is 4.66. The maximum atomic E-state index is 11.3. The van der Waals surface area contributed by atoms with Crippen LogP contribution in [0.5, 0.6) is 0 Å². The molecule has 1 heterocycles. The van der Waals surface area contributed by atoms with Crippen LogP contribution < -0.4 is 0 Å². The molecule has 0 aliphatic rings. The van der Waals surface area contributed by atoms with Crippen LogP contribution in [-0.4, -0.2) is 11.1 Å². The number of carboxylic acid groups (broad SMARTS) is 1. The van der Waals surface area contributed by atoms with E-state index in [4.69, 9.17) is 0 Å². The molecular formula is C16H16O2S. The van der Waals surface area contributed by atoms with Gasteiger partial charge in [-0.2, -0.15) is 0 Å². The van der Waals surface area contributed by atoms with Crippen molar-refractivity contribution in [3.05, 3.63) is 57.8 Å². The number of hydrogen-bond donors (Lipinski definition) is 1. The third kappa shape index (κ3) is 3.32. The fourth-order valence-corrected chi connectivity index (χ4v) is 2.55. The summed E-state index contributed by atoms with van der Waals surface area (Å²) in [6.07, 6.45) is 1.72. The van der Waals surface area contributed by atoms with Crippen LogP contribution in [0.25, 0.3) is 11.6 Å². The number of carbonyl (C=O) groups is 1. The number of benzene rings is 1. The monoisotopic (exact) mass is 272 g/mol.